The summed E-state index contributed by atoms with van der Waals surface area (Å²) < 4.78 is 6.88. The van der Waals surface area contributed by atoms with Gasteiger partial charge in [0.25, 0.3) is 5.91 Å². The summed E-state index contributed by atoms with van der Waals surface area (Å²) in [6.45, 7) is 2.38. The van der Waals surface area contributed by atoms with Crippen LogP contribution in [0.1, 0.15) is 21.6 Å². The number of imidazole rings is 1. The van der Waals surface area contributed by atoms with Gasteiger partial charge in [0.15, 0.2) is 5.75 Å². The third-order valence-corrected chi connectivity index (χ3v) is 3.95. The molecule has 3 aromatic rings. The van der Waals surface area contributed by atoms with Crippen LogP contribution in [0.2, 0.25) is 0 Å². The van der Waals surface area contributed by atoms with Gasteiger partial charge in [0, 0.05) is 37.0 Å². The maximum atomic E-state index is 12.2. The zero-order valence-corrected chi connectivity index (χ0v) is 14.4. The molecule has 26 heavy (non-hydrogen) atoms. The molecule has 0 bridgehead atoms. The SMILES string of the molecule is COc1ccc(C(=O)NCCc2cn3cc(C)ccc3n2)cc1[N+](=O)[O-]. The molecule has 1 aromatic carbocycles. The standard InChI is InChI=1S/C18H18N4O4/c1-12-3-6-17-20-14(11-21(17)10-12)7-8-19-18(23)13-4-5-16(26-2)15(9-13)22(24)25/h3-6,9-11H,7-8H2,1-2H3,(H,19,23). The van der Waals surface area contributed by atoms with Crippen LogP contribution in [-0.4, -0.2) is 33.9 Å². The summed E-state index contributed by atoms with van der Waals surface area (Å²) in [4.78, 5) is 27.2. The first-order valence-corrected chi connectivity index (χ1v) is 8.03. The molecule has 134 valence electrons. The van der Waals surface area contributed by atoms with Crippen LogP contribution >= 0.6 is 0 Å². The molecule has 1 amide bonds. The van der Waals surface area contributed by atoms with E-state index in [-0.39, 0.29) is 22.9 Å². The van der Waals surface area contributed by atoms with E-state index in [4.69, 9.17) is 4.74 Å². The van der Waals surface area contributed by atoms with E-state index in [1.165, 1.54) is 25.3 Å². The van der Waals surface area contributed by atoms with Crippen molar-refractivity contribution < 1.29 is 14.5 Å². The van der Waals surface area contributed by atoms with Gasteiger partial charge in [0.1, 0.15) is 5.65 Å². The fraction of sp³-hybridized carbons (Fsp3) is 0.222. The van der Waals surface area contributed by atoms with E-state index >= 15 is 0 Å². The minimum atomic E-state index is -0.575. The van der Waals surface area contributed by atoms with Crippen molar-refractivity contribution in [1.29, 1.82) is 0 Å². The van der Waals surface area contributed by atoms with Gasteiger partial charge in [-0.25, -0.2) is 4.98 Å². The van der Waals surface area contributed by atoms with E-state index in [9.17, 15) is 14.9 Å². The predicted molar refractivity (Wildman–Crippen MR) is 95.6 cm³/mol. The molecule has 0 saturated carbocycles. The van der Waals surface area contributed by atoms with Crippen molar-refractivity contribution in [1.82, 2.24) is 14.7 Å². The molecule has 1 N–H and O–H groups in total. The molecule has 0 aliphatic carbocycles. The molecular formula is C18H18N4O4. The normalized spacial score (nSPS) is 10.7. The lowest BCUT2D eigenvalue weighted by atomic mass is 10.1. The topological polar surface area (TPSA) is 98.8 Å². The molecule has 0 unspecified atom stereocenters. The first-order chi connectivity index (χ1) is 12.5. The number of carbonyl (C=O) groups is 1. The fourth-order valence-corrected chi connectivity index (χ4v) is 2.66. The van der Waals surface area contributed by atoms with Gasteiger partial charge in [-0.05, 0) is 30.7 Å². The van der Waals surface area contributed by atoms with Crippen LogP contribution in [0.5, 0.6) is 5.75 Å². The van der Waals surface area contributed by atoms with Gasteiger partial charge in [0.2, 0.25) is 0 Å². The molecule has 0 aliphatic rings. The Morgan fingerprint density at radius 2 is 2.12 bits per heavy atom. The number of nitro groups is 1. The number of aryl methyl sites for hydroxylation is 1. The molecule has 0 spiro atoms. The van der Waals surface area contributed by atoms with Crippen molar-refractivity contribution >= 4 is 17.2 Å². The largest absolute Gasteiger partial charge is 0.490 e. The summed E-state index contributed by atoms with van der Waals surface area (Å²) in [6, 6.07) is 8.05. The minimum Gasteiger partial charge on any atom is -0.490 e. The predicted octanol–water partition coefficient (Wildman–Crippen LogP) is 2.53. The summed E-state index contributed by atoms with van der Waals surface area (Å²) in [7, 11) is 1.35. The van der Waals surface area contributed by atoms with Crippen molar-refractivity contribution in [2.24, 2.45) is 0 Å². The van der Waals surface area contributed by atoms with E-state index in [0.717, 1.165) is 16.9 Å². The Morgan fingerprint density at radius 1 is 1.31 bits per heavy atom. The van der Waals surface area contributed by atoms with Crippen LogP contribution < -0.4 is 10.1 Å². The first kappa shape index (κ1) is 17.4. The second-order valence-electron chi connectivity index (χ2n) is 5.85. The van der Waals surface area contributed by atoms with Gasteiger partial charge in [-0.3, -0.25) is 14.9 Å². The molecule has 8 heteroatoms. The van der Waals surface area contributed by atoms with Crippen LogP contribution in [0.3, 0.4) is 0 Å². The zero-order chi connectivity index (χ0) is 18.7. The smallest absolute Gasteiger partial charge is 0.311 e. The van der Waals surface area contributed by atoms with Crippen molar-refractivity contribution in [3.8, 4) is 5.75 Å². The average Bonchev–Trinajstić information content (AvgIpc) is 3.02. The van der Waals surface area contributed by atoms with Crippen LogP contribution in [0, 0.1) is 17.0 Å². The lowest BCUT2D eigenvalue weighted by Gasteiger charge is -2.06. The monoisotopic (exact) mass is 354 g/mol. The average molecular weight is 354 g/mol. The minimum absolute atomic E-state index is 0.117. The fourth-order valence-electron chi connectivity index (χ4n) is 2.66. The van der Waals surface area contributed by atoms with E-state index in [1.54, 1.807) is 0 Å². The van der Waals surface area contributed by atoms with E-state index in [2.05, 4.69) is 10.3 Å². The maximum Gasteiger partial charge on any atom is 0.311 e. The van der Waals surface area contributed by atoms with E-state index in [0.29, 0.717) is 13.0 Å². The van der Waals surface area contributed by atoms with Gasteiger partial charge in [0.05, 0.1) is 17.7 Å². The maximum absolute atomic E-state index is 12.2. The number of methoxy groups -OCH3 is 1. The summed E-state index contributed by atoms with van der Waals surface area (Å²) in [5.41, 5.74) is 2.81. The van der Waals surface area contributed by atoms with Crippen LogP contribution in [0.25, 0.3) is 5.65 Å². The summed E-state index contributed by atoms with van der Waals surface area (Å²) in [6.07, 6.45) is 4.47. The number of hydrogen-bond acceptors (Lipinski definition) is 5. The van der Waals surface area contributed by atoms with E-state index < -0.39 is 4.92 Å². The Hall–Kier alpha value is -3.42. The number of nitrogens with zero attached hydrogens (tertiary/aromatic N) is 3. The van der Waals surface area contributed by atoms with Crippen LogP contribution in [-0.2, 0) is 6.42 Å². The molecule has 0 aliphatic heterocycles. The molecule has 2 heterocycles. The molecule has 0 atom stereocenters. The molecular weight excluding hydrogens is 336 g/mol. The number of amides is 1. The first-order valence-electron chi connectivity index (χ1n) is 8.03. The van der Waals surface area contributed by atoms with Gasteiger partial charge < -0.3 is 14.5 Å². The van der Waals surface area contributed by atoms with Crippen molar-refractivity contribution in [3.05, 3.63) is 69.7 Å². The lowest BCUT2D eigenvalue weighted by Crippen LogP contribution is -2.25. The van der Waals surface area contributed by atoms with Crippen LogP contribution in [0.15, 0.2) is 42.7 Å². The third-order valence-electron chi connectivity index (χ3n) is 3.95. The van der Waals surface area contributed by atoms with Crippen LogP contribution in [0.4, 0.5) is 5.69 Å². The third kappa shape index (κ3) is 3.64. The summed E-state index contributed by atoms with van der Waals surface area (Å²) in [5.74, 6) is -0.262. The van der Waals surface area contributed by atoms with Gasteiger partial charge in [-0.1, -0.05) is 6.07 Å². The number of benzene rings is 1. The number of pyridine rings is 1. The number of hydrogen-bond donors (Lipinski definition) is 1. The quantitative estimate of drug-likeness (QED) is 0.542. The highest BCUT2D eigenvalue weighted by molar-refractivity contribution is 5.95. The zero-order valence-electron chi connectivity index (χ0n) is 14.4. The Labute approximate surface area is 149 Å². The number of ether oxygens (including phenoxy) is 1. The van der Waals surface area contributed by atoms with Crippen molar-refractivity contribution in [2.45, 2.75) is 13.3 Å². The summed E-state index contributed by atoms with van der Waals surface area (Å²) >= 11 is 0. The number of rotatable bonds is 6. The molecule has 0 radical (unpaired) electrons. The molecule has 0 saturated heterocycles. The molecule has 2 aromatic heterocycles. The molecule has 3 rings (SSSR count). The van der Waals surface area contributed by atoms with Gasteiger partial charge in [-0.2, -0.15) is 0 Å². The Balaban J connectivity index is 1.64. The molecule has 8 nitrogen and oxygen atoms in total. The number of carbonyl (C=O) groups excluding carboxylic acids is 1. The highest BCUT2D eigenvalue weighted by atomic mass is 16.6. The summed E-state index contributed by atoms with van der Waals surface area (Å²) in [5, 5.41) is 13.8. The van der Waals surface area contributed by atoms with Gasteiger partial charge >= 0.3 is 5.69 Å². The lowest BCUT2D eigenvalue weighted by molar-refractivity contribution is -0.385. The Bertz CT molecular complexity index is 980. The molecule has 0 fully saturated rings. The number of nitrogens with one attached hydrogen (secondary N) is 1. The Morgan fingerprint density at radius 3 is 2.85 bits per heavy atom. The number of aromatic nitrogens is 2. The number of nitro benzene ring substituents is 1. The van der Waals surface area contributed by atoms with Gasteiger partial charge in [-0.15, -0.1) is 0 Å². The van der Waals surface area contributed by atoms with E-state index in [1.807, 2.05) is 35.9 Å². The van der Waals surface area contributed by atoms with Crippen molar-refractivity contribution in [3.63, 3.8) is 0 Å². The Kier molecular flexibility index (Phi) is 4.83. The highest BCUT2D eigenvalue weighted by Gasteiger charge is 2.18. The second kappa shape index (κ2) is 7.22. The highest BCUT2D eigenvalue weighted by Crippen LogP contribution is 2.27. The second-order valence-corrected chi connectivity index (χ2v) is 5.85. The number of fused-ring (bicyclic) bond motifs is 1. The van der Waals surface area contributed by atoms with Crippen molar-refractivity contribution in [2.75, 3.05) is 13.7 Å².